The number of nitrogens with zero attached hydrogens (tertiary/aromatic N) is 1. The third-order valence-corrected chi connectivity index (χ3v) is 8.04. The summed E-state index contributed by atoms with van der Waals surface area (Å²) in [5.74, 6) is 0.528. The normalized spacial score (nSPS) is 38.4. The zero-order valence-corrected chi connectivity index (χ0v) is 25.3. The molecule has 2 amide bonds. The summed E-state index contributed by atoms with van der Waals surface area (Å²) in [7, 11) is 1.56. The van der Waals surface area contributed by atoms with Crippen LogP contribution in [0, 0.1) is 0 Å². The summed E-state index contributed by atoms with van der Waals surface area (Å²) in [6, 6.07) is -4.16. The molecular formula is C26H52N8O10. The third kappa shape index (κ3) is 9.39. The maximum atomic E-state index is 12.6. The molecular weight excluding hydrogens is 584 g/mol. The van der Waals surface area contributed by atoms with E-state index in [1.165, 1.54) is 6.92 Å². The number of likely N-dealkylation sites (N-methyl/N-ethyl adjacent to an activating group) is 1. The Morgan fingerprint density at radius 3 is 2.52 bits per heavy atom. The number of hydroxylamine groups is 2. The topological polar surface area (TPSA) is 299 Å². The summed E-state index contributed by atoms with van der Waals surface area (Å²) in [4.78, 5) is 12.6. The van der Waals surface area contributed by atoms with Gasteiger partial charge in [0.15, 0.2) is 6.29 Å². The Balaban J connectivity index is 1.75. The minimum Gasteiger partial charge on any atom is -0.467 e. The highest BCUT2D eigenvalue weighted by atomic mass is 16.7. The monoisotopic (exact) mass is 636 g/mol. The van der Waals surface area contributed by atoms with Gasteiger partial charge in [-0.15, -0.1) is 0 Å². The fourth-order valence-electron chi connectivity index (χ4n) is 5.63. The van der Waals surface area contributed by atoms with E-state index in [-0.39, 0.29) is 26.1 Å². The molecule has 1 aliphatic carbocycles. The van der Waals surface area contributed by atoms with Crippen molar-refractivity contribution in [1.82, 2.24) is 21.0 Å². The molecule has 2 aliphatic heterocycles. The number of hydrogen-bond acceptors (Lipinski definition) is 16. The number of aliphatic hydroxyl groups is 4. The van der Waals surface area contributed by atoms with Crippen LogP contribution in [0.25, 0.3) is 0 Å². The van der Waals surface area contributed by atoms with Crippen molar-refractivity contribution < 1.29 is 49.4 Å². The Bertz CT molecular complexity index is 935. The lowest BCUT2D eigenvalue weighted by molar-refractivity contribution is -0.304. The Kier molecular flexibility index (Phi) is 13.9. The number of amides is 2. The molecule has 0 bridgehead atoms. The predicted molar refractivity (Wildman–Crippen MR) is 156 cm³/mol. The first kappa shape index (κ1) is 36.7. The molecule has 12 atom stereocenters. The fourth-order valence-corrected chi connectivity index (χ4v) is 5.63. The van der Waals surface area contributed by atoms with Gasteiger partial charge in [0.05, 0.1) is 43.9 Å². The highest BCUT2D eigenvalue weighted by Gasteiger charge is 2.52. The second kappa shape index (κ2) is 16.7. The van der Waals surface area contributed by atoms with Crippen molar-refractivity contribution in [3.8, 4) is 0 Å². The van der Waals surface area contributed by atoms with Crippen LogP contribution in [0.4, 0.5) is 4.79 Å². The van der Waals surface area contributed by atoms with Crippen LogP contribution in [0.3, 0.4) is 0 Å². The van der Waals surface area contributed by atoms with E-state index >= 15 is 0 Å². The van der Waals surface area contributed by atoms with Gasteiger partial charge in [0.25, 0.3) is 0 Å². The lowest BCUT2D eigenvalue weighted by atomic mass is 9.83. The number of carbonyl (C=O) groups is 1. The van der Waals surface area contributed by atoms with E-state index in [1.807, 2.05) is 0 Å². The van der Waals surface area contributed by atoms with E-state index < -0.39 is 78.9 Å². The molecule has 18 heteroatoms. The Morgan fingerprint density at radius 2 is 1.86 bits per heavy atom. The van der Waals surface area contributed by atoms with Gasteiger partial charge in [-0.1, -0.05) is 0 Å². The lowest BCUT2D eigenvalue weighted by Gasteiger charge is -2.48. The van der Waals surface area contributed by atoms with E-state index in [9.17, 15) is 30.4 Å². The highest BCUT2D eigenvalue weighted by Crippen LogP contribution is 2.32. The van der Waals surface area contributed by atoms with E-state index in [4.69, 9.17) is 41.9 Å². The number of rotatable bonds is 14. The standard InChI is InChI=1S/C26H52N8O10/c1-26(39)12-41-24(19(37)22(26)31-2)44-21-17(33-25(38)34(40)8-7-28)9-16(30)20(18(21)36)43-23-15(29)4-3-14(42-23)11-32-10-13(35)5-6-27/h3,13,15-24,31-32,35-37,39-40H,4-12,27-30H2,1-2H3,(H,33,38)/t13?,15-,16+,17-,18+,19-,20-,21+,22-,23-,24-,26+/m1/s1. The number of nitrogens with one attached hydrogen (secondary N) is 3. The third-order valence-electron chi connectivity index (χ3n) is 8.04. The minimum atomic E-state index is -1.49. The summed E-state index contributed by atoms with van der Waals surface area (Å²) in [6.45, 7) is 2.11. The largest absolute Gasteiger partial charge is 0.467 e. The SMILES string of the molecule is CN[C@@H]1[C@@H](O)[C@@H](O[C@@H]2[C@@H](O)[C@H](O[C@H]3OC(CNCC(O)CCN)=CC[C@H]3N)[C@@H](N)C[C@H]2NC(=O)N(O)CCN)OC[C@]1(C)O. The van der Waals surface area contributed by atoms with Crippen molar-refractivity contribution in [2.24, 2.45) is 22.9 Å². The van der Waals surface area contributed by atoms with Gasteiger partial charge in [-0.05, 0) is 45.9 Å². The fraction of sp³-hybridized carbons (Fsp3) is 0.885. The first-order chi connectivity index (χ1) is 20.8. The first-order valence-corrected chi connectivity index (χ1v) is 14.9. The Hall–Kier alpha value is -1.75. The van der Waals surface area contributed by atoms with Crippen LogP contribution in [0.5, 0.6) is 0 Å². The van der Waals surface area contributed by atoms with Crippen molar-refractivity contribution in [3.63, 3.8) is 0 Å². The lowest BCUT2D eigenvalue weighted by Crippen LogP contribution is -2.69. The molecule has 1 saturated heterocycles. The predicted octanol–water partition coefficient (Wildman–Crippen LogP) is -5.11. The number of urea groups is 1. The molecule has 0 aromatic carbocycles. The molecule has 2 heterocycles. The number of hydrogen-bond donors (Lipinski definition) is 12. The van der Waals surface area contributed by atoms with Crippen molar-refractivity contribution in [1.29, 1.82) is 0 Å². The molecule has 0 spiro atoms. The van der Waals surface area contributed by atoms with Crippen LogP contribution in [0.1, 0.15) is 26.2 Å². The molecule has 44 heavy (non-hydrogen) atoms. The summed E-state index contributed by atoms with van der Waals surface area (Å²) >= 11 is 0. The van der Waals surface area contributed by atoms with Crippen molar-refractivity contribution in [2.75, 3.05) is 46.4 Å². The average Bonchev–Trinajstić information content (AvgIpc) is 2.96. The van der Waals surface area contributed by atoms with Crippen molar-refractivity contribution in [2.45, 2.75) is 99.1 Å². The molecule has 1 unspecified atom stereocenters. The van der Waals surface area contributed by atoms with E-state index in [0.29, 0.717) is 43.3 Å². The Labute approximate surface area is 256 Å². The second-order valence-corrected chi connectivity index (χ2v) is 11.8. The molecule has 0 aromatic heterocycles. The molecule has 1 saturated carbocycles. The average molecular weight is 637 g/mol. The summed E-state index contributed by atoms with van der Waals surface area (Å²) < 4.78 is 23.8. The van der Waals surface area contributed by atoms with Crippen molar-refractivity contribution in [3.05, 3.63) is 11.8 Å². The Morgan fingerprint density at radius 1 is 1.16 bits per heavy atom. The summed E-state index contributed by atoms with van der Waals surface area (Å²) in [5, 5.41) is 62.0. The zero-order chi connectivity index (χ0) is 32.6. The van der Waals surface area contributed by atoms with Gasteiger partial charge in [-0.3, -0.25) is 5.21 Å². The molecule has 256 valence electrons. The van der Waals surface area contributed by atoms with E-state index in [0.717, 1.165) is 0 Å². The number of nitrogens with two attached hydrogens (primary N) is 4. The van der Waals surface area contributed by atoms with Crippen LogP contribution in [0.2, 0.25) is 0 Å². The van der Waals surface area contributed by atoms with Crippen LogP contribution < -0.4 is 38.9 Å². The second-order valence-electron chi connectivity index (χ2n) is 11.8. The number of carbonyl (C=O) groups excluding carboxylic acids is 1. The smallest absolute Gasteiger partial charge is 0.341 e. The van der Waals surface area contributed by atoms with Gasteiger partial charge in [0.1, 0.15) is 35.8 Å². The van der Waals surface area contributed by atoms with Crippen LogP contribution in [-0.2, 0) is 18.9 Å². The maximum Gasteiger partial charge on any atom is 0.341 e. The highest BCUT2D eigenvalue weighted by molar-refractivity contribution is 5.73. The quantitative estimate of drug-likeness (QED) is 0.0627. The molecule has 18 nitrogen and oxygen atoms in total. The van der Waals surface area contributed by atoms with Gasteiger partial charge >= 0.3 is 6.03 Å². The van der Waals surface area contributed by atoms with Crippen LogP contribution >= 0.6 is 0 Å². The van der Waals surface area contributed by atoms with Gasteiger partial charge < -0.3 is 78.3 Å². The molecule has 2 fully saturated rings. The summed E-state index contributed by atoms with van der Waals surface area (Å²) in [5.41, 5.74) is 22.2. The summed E-state index contributed by atoms with van der Waals surface area (Å²) in [6.07, 6.45) is -5.45. The molecule has 16 N–H and O–H groups in total. The molecule has 3 rings (SSSR count). The van der Waals surface area contributed by atoms with Crippen molar-refractivity contribution >= 4 is 6.03 Å². The minimum absolute atomic E-state index is 0.00187. The van der Waals surface area contributed by atoms with Gasteiger partial charge in [0, 0.05) is 19.1 Å². The van der Waals surface area contributed by atoms with E-state index in [1.54, 1.807) is 13.1 Å². The molecule has 0 radical (unpaired) electrons. The van der Waals surface area contributed by atoms with Crippen LogP contribution in [0.15, 0.2) is 11.8 Å². The van der Waals surface area contributed by atoms with Gasteiger partial charge in [0.2, 0.25) is 6.29 Å². The number of ether oxygens (including phenoxy) is 4. The zero-order valence-electron chi connectivity index (χ0n) is 25.3. The van der Waals surface area contributed by atoms with Gasteiger partial charge in [-0.2, -0.15) is 0 Å². The molecule has 3 aliphatic rings. The number of aliphatic hydroxyl groups excluding tert-OH is 3. The maximum absolute atomic E-state index is 12.6. The van der Waals surface area contributed by atoms with E-state index in [2.05, 4.69) is 16.0 Å². The molecule has 0 aromatic rings. The van der Waals surface area contributed by atoms with Gasteiger partial charge in [-0.25, -0.2) is 9.86 Å². The van der Waals surface area contributed by atoms with Crippen LogP contribution in [-0.4, -0.2) is 156 Å². The first-order valence-electron chi connectivity index (χ1n) is 14.9.